The van der Waals surface area contributed by atoms with Crippen LogP contribution in [0.2, 0.25) is 0 Å². The van der Waals surface area contributed by atoms with E-state index in [1.54, 1.807) is 42.5 Å². The average molecular weight is 560 g/mol. The third-order valence-electron chi connectivity index (χ3n) is 4.95. The summed E-state index contributed by atoms with van der Waals surface area (Å²) in [5, 5.41) is 34.8. The van der Waals surface area contributed by atoms with Crippen LogP contribution in [0, 0.1) is 0 Å². The van der Waals surface area contributed by atoms with Crippen LogP contribution in [0.5, 0.6) is 5.75 Å². The number of phenolic OH excluding ortho intramolecular Hbond substituents is 1. The summed E-state index contributed by atoms with van der Waals surface area (Å²) >= 11 is 0. The summed E-state index contributed by atoms with van der Waals surface area (Å²) in [6, 6.07) is 13.1. The van der Waals surface area contributed by atoms with E-state index in [0.29, 0.717) is 0 Å². The molecule has 14 nitrogen and oxygen atoms in total. The predicted octanol–water partition coefficient (Wildman–Crippen LogP) is -1.49. The fourth-order valence-electron chi connectivity index (χ4n) is 3.11. The van der Waals surface area contributed by atoms with E-state index in [0.717, 1.165) is 18.1 Å². The number of nitrogens with two attached hydrogens (primary N) is 1. The van der Waals surface area contributed by atoms with Gasteiger partial charge >= 0.3 is 5.97 Å². The van der Waals surface area contributed by atoms with Gasteiger partial charge in [0.05, 0.1) is 19.1 Å². The molecular formula is C26H33N5O9. The number of carboxylic acids is 2. The minimum absolute atomic E-state index is 0.0865. The summed E-state index contributed by atoms with van der Waals surface area (Å²) in [4.78, 5) is 68.6. The fourth-order valence-corrected chi connectivity index (χ4v) is 3.11. The van der Waals surface area contributed by atoms with Crippen molar-refractivity contribution < 1.29 is 44.1 Å². The molecule has 0 heterocycles. The molecule has 0 radical (unpaired) electrons. The minimum atomic E-state index is -1.23. The molecule has 0 bridgehead atoms. The van der Waals surface area contributed by atoms with Gasteiger partial charge in [-0.05, 0) is 29.7 Å². The molecule has 2 atom stereocenters. The number of carbonyl (C=O) groups is 6. The van der Waals surface area contributed by atoms with Crippen molar-refractivity contribution in [2.24, 2.45) is 5.73 Å². The summed E-state index contributed by atoms with van der Waals surface area (Å²) in [5.74, 6) is -4.56. The van der Waals surface area contributed by atoms with Crippen LogP contribution in [0.1, 0.15) is 18.1 Å². The summed E-state index contributed by atoms with van der Waals surface area (Å²) in [6.07, 6.45) is 0.306. The maximum Gasteiger partial charge on any atom is 0.322 e. The molecule has 0 aliphatic heterocycles. The molecule has 4 amide bonds. The number of aliphatic carboxylic acids is 2. The van der Waals surface area contributed by atoms with E-state index >= 15 is 0 Å². The largest absolute Gasteiger partial charge is 0.508 e. The molecule has 0 saturated carbocycles. The van der Waals surface area contributed by atoms with Crippen LogP contribution in [0.25, 0.3) is 0 Å². The molecule has 2 aromatic carbocycles. The quantitative estimate of drug-likeness (QED) is 0.141. The Labute approximate surface area is 229 Å². The SMILES string of the molecule is CC(=O)O.NC(Cc1ccc(O)cc1)C(=O)NCC(=O)NC(Cc1ccccc1)C(=O)NCC(=O)NCC(=O)O. The van der Waals surface area contributed by atoms with Gasteiger partial charge in [-0.25, -0.2) is 0 Å². The van der Waals surface area contributed by atoms with Crippen molar-refractivity contribution in [3.8, 4) is 5.75 Å². The monoisotopic (exact) mass is 559 g/mol. The molecule has 0 aliphatic carbocycles. The topological polar surface area (TPSA) is 237 Å². The van der Waals surface area contributed by atoms with E-state index in [9.17, 15) is 29.1 Å². The Hall–Kier alpha value is -4.98. The lowest BCUT2D eigenvalue weighted by Gasteiger charge is -2.19. The van der Waals surface area contributed by atoms with Crippen molar-refractivity contribution in [3.63, 3.8) is 0 Å². The highest BCUT2D eigenvalue weighted by molar-refractivity contribution is 5.93. The van der Waals surface area contributed by atoms with Crippen molar-refractivity contribution in [2.75, 3.05) is 19.6 Å². The molecular weight excluding hydrogens is 526 g/mol. The van der Waals surface area contributed by atoms with Gasteiger partial charge in [0.25, 0.3) is 5.97 Å². The number of benzene rings is 2. The van der Waals surface area contributed by atoms with E-state index in [4.69, 9.17) is 20.7 Å². The molecule has 40 heavy (non-hydrogen) atoms. The average Bonchev–Trinajstić information content (AvgIpc) is 2.90. The Kier molecular flexibility index (Phi) is 14.5. The van der Waals surface area contributed by atoms with Gasteiger partial charge in [0.2, 0.25) is 23.6 Å². The lowest BCUT2D eigenvalue weighted by atomic mass is 10.0. The second-order valence-electron chi connectivity index (χ2n) is 8.41. The number of hydrogen-bond acceptors (Lipinski definition) is 8. The molecule has 216 valence electrons. The maximum atomic E-state index is 12.7. The fraction of sp³-hybridized carbons (Fsp3) is 0.308. The van der Waals surface area contributed by atoms with Crippen molar-refractivity contribution >= 4 is 35.6 Å². The highest BCUT2D eigenvalue weighted by atomic mass is 16.4. The first kappa shape index (κ1) is 33.0. The number of phenols is 1. The highest BCUT2D eigenvalue weighted by Gasteiger charge is 2.23. The van der Waals surface area contributed by atoms with Gasteiger partial charge in [0, 0.05) is 13.3 Å². The normalized spacial score (nSPS) is 11.4. The Morgan fingerprint density at radius 1 is 0.725 bits per heavy atom. The van der Waals surface area contributed by atoms with Crippen molar-refractivity contribution in [1.29, 1.82) is 0 Å². The van der Waals surface area contributed by atoms with Crippen LogP contribution in [0.4, 0.5) is 0 Å². The van der Waals surface area contributed by atoms with Crippen LogP contribution in [0.3, 0.4) is 0 Å². The molecule has 0 fully saturated rings. The molecule has 2 unspecified atom stereocenters. The van der Waals surface area contributed by atoms with E-state index in [1.807, 2.05) is 0 Å². The molecule has 9 N–H and O–H groups in total. The first-order chi connectivity index (χ1) is 18.9. The number of amides is 4. The van der Waals surface area contributed by atoms with E-state index < -0.39 is 67.3 Å². The Morgan fingerprint density at radius 3 is 1.82 bits per heavy atom. The van der Waals surface area contributed by atoms with Crippen molar-refractivity contribution in [2.45, 2.75) is 31.8 Å². The molecule has 2 aromatic rings. The van der Waals surface area contributed by atoms with Gasteiger partial charge in [-0.2, -0.15) is 0 Å². The van der Waals surface area contributed by atoms with E-state index in [-0.39, 0.29) is 18.6 Å². The number of rotatable bonds is 13. The van der Waals surface area contributed by atoms with Gasteiger partial charge in [-0.1, -0.05) is 42.5 Å². The third kappa shape index (κ3) is 14.7. The van der Waals surface area contributed by atoms with Crippen LogP contribution in [-0.4, -0.2) is 82.6 Å². The Morgan fingerprint density at radius 2 is 1.25 bits per heavy atom. The smallest absolute Gasteiger partial charge is 0.322 e. The Bertz CT molecular complexity index is 1150. The summed E-state index contributed by atoms with van der Waals surface area (Å²) in [6.45, 7) is -0.413. The van der Waals surface area contributed by atoms with Crippen LogP contribution < -0.4 is 27.0 Å². The number of hydrogen-bond donors (Lipinski definition) is 8. The van der Waals surface area contributed by atoms with Gasteiger partial charge in [0.1, 0.15) is 18.3 Å². The zero-order chi connectivity index (χ0) is 30.1. The minimum Gasteiger partial charge on any atom is -0.508 e. The maximum absolute atomic E-state index is 12.7. The van der Waals surface area contributed by atoms with Crippen LogP contribution >= 0.6 is 0 Å². The second-order valence-corrected chi connectivity index (χ2v) is 8.41. The summed E-state index contributed by atoms with van der Waals surface area (Å²) in [5.41, 5.74) is 7.36. The zero-order valence-corrected chi connectivity index (χ0v) is 21.8. The molecule has 0 aromatic heterocycles. The van der Waals surface area contributed by atoms with E-state index in [1.165, 1.54) is 12.1 Å². The number of aromatic hydroxyl groups is 1. The third-order valence-corrected chi connectivity index (χ3v) is 4.95. The standard InChI is InChI=1S/C24H29N5O7.C2H4O2/c25-18(10-16-6-8-17(30)9-7-16)23(35)27-13-21(32)29-19(11-15-4-2-1-3-5-15)24(36)28-12-20(31)26-14-22(33)34;1-2(3)4/h1-9,18-19,30H,10-14,25H2,(H,26,31)(H,27,35)(H,28,36)(H,29,32)(H,33,34);1H3,(H,3,4). The number of carbonyl (C=O) groups excluding carboxylic acids is 4. The first-order valence-electron chi connectivity index (χ1n) is 12.0. The predicted molar refractivity (Wildman–Crippen MR) is 142 cm³/mol. The molecule has 14 heteroatoms. The lowest BCUT2D eigenvalue weighted by molar-refractivity contribution is -0.138. The number of carboxylic acid groups (broad SMARTS) is 2. The summed E-state index contributed by atoms with van der Waals surface area (Å²) < 4.78 is 0. The van der Waals surface area contributed by atoms with Gasteiger partial charge in [-0.3, -0.25) is 28.8 Å². The highest BCUT2D eigenvalue weighted by Crippen LogP contribution is 2.11. The van der Waals surface area contributed by atoms with Crippen LogP contribution in [-0.2, 0) is 41.6 Å². The molecule has 0 saturated heterocycles. The molecule has 0 spiro atoms. The molecule has 0 aliphatic rings. The van der Waals surface area contributed by atoms with Gasteiger partial charge < -0.3 is 42.3 Å². The number of nitrogens with one attached hydrogen (secondary N) is 4. The summed E-state index contributed by atoms with van der Waals surface area (Å²) in [7, 11) is 0. The molecule has 2 rings (SSSR count). The lowest BCUT2D eigenvalue weighted by Crippen LogP contribution is -2.53. The van der Waals surface area contributed by atoms with Gasteiger partial charge in [-0.15, -0.1) is 0 Å². The van der Waals surface area contributed by atoms with Gasteiger partial charge in [0.15, 0.2) is 0 Å². The Balaban J connectivity index is 0.00000187. The van der Waals surface area contributed by atoms with Crippen molar-refractivity contribution in [3.05, 3.63) is 65.7 Å². The van der Waals surface area contributed by atoms with Crippen molar-refractivity contribution in [1.82, 2.24) is 21.3 Å². The first-order valence-corrected chi connectivity index (χ1v) is 12.0. The second kappa shape index (κ2) is 17.5. The van der Waals surface area contributed by atoms with Crippen LogP contribution in [0.15, 0.2) is 54.6 Å². The zero-order valence-electron chi connectivity index (χ0n) is 21.8. The van der Waals surface area contributed by atoms with E-state index in [2.05, 4.69) is 21.3 Å².